The zero-order valence-corrected chi connectivity index (χ0v) is 12.4. The lowest BCUT2D eigenvalue weighted by Gasteiger charge is -2.07. The number of carbonyl (C=O) groups is 2. The van der Waals surface area contributed by atoms with Crippen LogP contribution < -0.4 is 10.9 Å². The van der Waals surface area contributed by atoms with Crippen LogP contribution in [0.15, 0.2) is 48.5 Å². The van der Waals surface area contributed by atoms with Gasteiger partial charge in [-0.15, -0.1) is 0 Å². The smallest absolute Gasteiger partial charge is 0.269 e. The first-order valence-electron chi connectivity index (χ1n) is 6.64. The molecule has 0 aliphatic rings. The second kappa shape index (κ2) is 7.56. The van der Waals surface area contributed by atoms with Crippen molar-refractivity contribution < 1.29 is 14.0 Å². The number of hydrogen-bond acceptors (Lipinski definition) is 2. The van der Waals surface area contributed by atoms with Gasteiger partial charge in [-0.3, -0.25) is 20.4 Å². The third kappa shape index (κ3) is 4.86. The molecule has 2 amide bonds. The van der Waals surface area contributed by atoms with E-state index in [-0.39, 0.29) is 18.1 Å². The van der Waals surface area contributed by atoms with Crippen LogP contribution in [0.1, 0.15) is 22.3 Å². The number of nitrogens with one attached hydrogen (secondary N) is 2. The van der Waals surface area contributed by atoms with E-state index in [1.807, 2.05) is 0 Å². The molecule has 114 valence electrons. The summed E-state index contributed by atoms with van der Waals surface area (Å²) in [6, 6.07) is 12.3. The van der Waals surface area contributed by atoms with Crippen LogP contribution in [0.2, 0.25) is 5.02 Å². The maximum absolute atomic E-state index is 13.0. The van der Waals surface area contributed by atoms with Gasteiger partial charge in [0.15, 0.2) is 0 Å². The van der Waals surface area contributed by atoms with E-state index in [9.17, 15) is 14.0 Å². The number of carbonyl (C=O) groups excluding carboxylic acids is 2. The first kappa shape index (κ1) is 16.0. The zero-order chi connectivity index (χ0) is 15.9. The highest BCUT2D eigenvalue weighted by molar-refractivity contribution is 6.30. The van der Waals surface area contributed by atoms with Crippen molar-refractivity contribution in [1.29, 1.82) is 0 Å². The van der Waals surface area contributed by atoms with Gasteiger partial charge in [-0.2, -0.15) is 0 Å². The summed E-state index contributed by atoms with van der Waals surface area (Å²) in [4.78, 5) is 23.4. The zero-order valence-electron chi connectivity index (χ0n) is 11.6. The molecule has 0 spiro atoms. The van der Waals surface area contributed by atoms with Gasteiger partial charge in [-0.05, 0) is 48.4 Å². The standard InChI is InChI=1S/C16H14ClFN2O2/c17-13-7-5-12(6-8-13)16(22)20-19-15(21)9-4-11-2-1-3-14(18)10-11/h1-3,5-8,10H,4,9H2,(H,19,21)(H,20,22). The number of benzene rings is 2. The molecule has 4 nitrogen and oxygen atoms in total. The van der Waals surface area contributed by atoms with E-state index in [2.05, 4.69) is 10.9 Å². The van der Waals surface area contributed by atoms with Crippen molar-refractivity contribution in [1.82, 2.24) is 10.9 Å². The third-order valence-corrected chi connectivity index (χ3v) is 3.20. The van der Waals surface area contributed by atoms with Crippen molar-refractivity contribution in [2.45, 2.75) is 12.8 Å². The van der Waals surface area contributed by atoms with Gasteiger partial charge in [-0.25, -0.2) is 4.39 Å². The van der Waals surface area contributed by atoms with Crippen LogP contribution in [0.25, 0.3) is 0 Å². The molecule has 0 atom stereocenters. The fourth-order valence-corrected chi connectivity index (χ4v) is 1.94. The third-order valence-electron chi connectivity index (χ3n) is 2.95. The Morgan fingerprint density at radius 1 is 1.05 bits per heavy atom. The van der Waals surface area contributed by atoms with Gasteiger partial charge in [0.25, 0.3) is 5.91 Å². The maximum atomic E-state index is 13.0. The van der Waals surface area contributed by atoms with E-state index >= 15 is 0 Å². The second-order valence-electron chi connectivity index (χ2n) is 4.64. The Morgan fingerprint density at radius 2 is 1.77 bits per heavy atom. The van der Waals surface area contributed by atoms with E-state index in [0.717, 1.165) is 5.56 Å². The molecule has 22 heavy (non-hydrogen) atoms. The molecule has 0 saturated heterocycles. The summed E-state index contributed by atoms with van der Waals surface area (Å²) in [6.45, 7) is 0. The van der Waals surface area contributed by atoms with Crippen LogP contribution >= 0.6 is 11.6 Å². The van der Waals surface area contributed by atoms with Gasteiger partial charge in [0.05, 0.1) is 0 Å². The van der Waals surface area contributed by atoms with Crippen molar-refractivity contribution in [3.63, 3.8) is 0 Å². The Labute approximate surface area is 132 Å². The van der Waals surface area contributed by atoms with Gasteiger partial charge >= 0.3 is 0 Å². The molecule has 2 aromatic carbocycles. The van der Waals surface area contributed by atoms with Crippen LogP contribution in [0.3, 0.4) is 0 Å². The number of rotatable bonds is 4. The van der Waals surface area contributed by atoms with Gasteiger partial charge < -0.3 is 0 Å². The van der Waals surface area contributed by atoms with Crippen LogP contribution in [0.4, 0.5) is 4.39 Å². The molecule has 2 rings (SSSR count). The maximum Gasteiger partial charge on any atom is 0.269 e. The first-order chi connectivity index (χ1) is 10.5. The summed E-state index contributed by atoms with van der Waals surface area (Å²) < 4.78 is 13.0. The van der Waals surface area contributed by atoms with E-state index < -0.39 is 5.91 Å². The van der Waals surface area contributed by atoms with Crippen molar-refractivity contribution in [2.24, 2.45) is 0 Å². The summed E-state index contributed by atoms with van der Waals surface area (Å²) in [7, 11) is 0. The number of amides is 2. The topological polar surface area (TPSA) is 58.2 Å². The predicted octanol–water partition coefficient (Wildman–Crippen LogP) is 2.87. The lowest BCUT2D eigenvalue weighted by Crippen LogP contribution is -2.41. The highest BCUT2D eigenvalue weighted by Gasteiger charge is 2.07. The number of hydrogen-bond donors (Lipinski definition) is 2. The summed E-state index contributed by atoms with van der Waals surface area (Å²) in [5.74, 6) is -1.13. The fourth-order valence-electron chi connectivity index (χ4n) is 1.81. The van der Waals surface area contributed by atoms with Crippen molar-refractivity contribution >= 4 is 23.4 Å². The molecule has 6 heteroatoms. The van der Waals surface area contributed by atoms with E-state index in [1.165, 1.54) is 12.1 Å². The van der Waals surface area contributed by atoms with E-state index in [1.54, 1.807) is 36.4 Å². The Balaban J connectivity index is 1.78. The highest BCUT2D eigenvalue weighted by Crippen LogP contribution is 2.09. The Bertz CT molecular complexity index is 674. The number of hydrazine groups is 1. The monoisotopic (exact) mass is 320 g/mol. The van der Waals surface area contributed by atoms with E-state index in [4.69, 9.17) is 11.6 Å². The largest absolute Gasteiger partial charge is 0.273 e. The van der Waals surface area contributed by atoms with Crippen LogP contribution in [0, 0.1) is 5.82 Å². The fraction of sp³-hybridized carbons (Fsp3) is 0.125. The lowest BCUT2D eigenvalue weighted by molar-refractivity contribution is -0.121. The molecule has 0 heterocycles. The highest BCUT2D eigenvalue weighted by atomic mass is 35.5. The predicted molar refractivity (Wildman–Crippen MR) is 81.8 cm³/mol. The molecule has 0 bridgehead atoms. The van der Waals surface area contributed by atoms with Gasteiger partial charge in [-0.1, -0.05) is 23.7 Å². The van der Waals surface area contributed by atoms with Crippen LogP contribution in [-0.4, -0.2) is 11.8 Å². The van der Waals surface area contributed by atoms with Gasteiger partial charge in [0, 0.05) is 17.0 Å². The molecule has 2 aromatic rings. The quantitative estimate of drug-likeness (QED) is 0.851. The average Bonchev–Trinajstić information content (AvgIpc) is 2.51. The molecule has 0 saturated carbocycles. The summed E-state index contributed by atoms with van der Waals surface area (Å²) in [6.07, 6.45) is 0.532. The lowest BCUT2D eigenvalue weighted by atomic mass is 10.1. The minimum Gasteiger partial charge on any atom is -0.273 e. The summed E-state index contributed by atoms with van der Waals surface area (Å²) >= 11 is 5.73. The molecule has 0 aliphatic heterocycles. The molecular formula is C16H14ClFN2O2. The molecule has 0 aromatic heterocycles. The summed E-state index contributed by atoms with van der Waals surface area (Å²) in [5, 5.41) is 0.524. The van der Waals surface area contributed by atoms with Crippen LogP contribution in [0.5, 0.6) is 0 Å². The second-order valence-corrected chi connectivity index (χ2v) is 5.08. The first-order valence-corrected chi connectivity index (χ1v) is 7.01. The summed E-state index contributed by atoms with van der Waals surface area (Å²) in [5.41, 5.74) is 5.73. The Morgan fingerprint density at radius 3 is 2.45 bits per heavy atom. The normalized spacial score (nSPS) is 10.1. The van der Waals surface area contributed by atoms with Crippen molar-refractivity contribution in [3.05, 3.63) is 70.5 Å². The van der Waals surface area contributed by atoms with E-state index in [0.29, 0.717) is 17.0 Å². The molecule has 2 N–H and O–H groups in total. The van der Waals surface area contributed by atoms with Crippen molar-refractivity contribution in [2.75, 3.05) is 0 Å². The minimum absolute atomic E-state index is 0.143. The molecule has 0 fully saturated rings. The van der Waals surface area contributed by atoms with Gasteiger partial charge in [0.2, 0.25) is 5.91 Å². The molecule has 0 aliphatic carbocycles. The van der Waals surface area contributed by atoms with Crippen LogP contribution in [-0.2, 0) is 11.2 Å². The average molecular weight is 321 g/mol. The minimum atomic E-state index is -0.434. The Kier molecular flexibility index (Phi) is 5.49. The molecule has 0 unspecified atom stereocenters. The van der Waals surface area contributed by atoms with Gasteiger partial charge in [0.1, 0.15) is 5.82 Å². The van der Waals surface area contributed by atoms with Crippen molar-refractivity contribution in [3.8, 4) is 0 Å². The number of halogens is 2. The molecule has 0 radical (unpaired) electrons. The molecular weight excluding hydrogens is 307 g/mol. The SMILES string of the molecule is O=C(CCc1cccc(F)c1)NNC(=O)c1ccc(Cl)cc1. The number of aryl methyl sites for hydroxylation is 1. The Hall–Kier alpha value is -2.40.